The maximum absolute atomic E-state index is 12.9. The predicted molar refractivity (Wildman–Crippen MR) is 103 cm³/mol. The molecule has 1 heterocycles. The first-order chi connectivity index (χ1) is 12.3. The van der Waals surface area contributed by atoms with Crippen LogP contribution in [0.1, 0.15) is 18.4 Å². The molecule has 1 aliphatic heterocycles. The molecule has 0 aromatic heterocycles. The molecule has 2 aliphatic rings. The molecule has 0 unspecified atom stereocenters. The van der Waals surface area contributed by atoms with Gasteiger partial charge in [-0.1, -0.05) is 72.4 Å². The van der Waals surface area contributed by atoms with E-state index in [0.717, 1.165) is 12.8 Å². The number of hydrogen-bond donors (Lipinski definition) is 0. The van der Waals surface area contributed by atoms with Crippen molar-refractivity contribution in [1.82, 2.24) is 4.90 Å². The van der Waals surface area contributed by atoms with Crippen LogP contribution in [0.4, 0.5) is 0 Å². The summed E-state index contributed by atoms with van der Waals surface area (Å²) in [5, 5.41) is 0. The second-order valence-corrected chi connectivity index (χ2v) is 7.68. The standard InChI is InChI=1S/C22H21NOS/c24-22-15-21(25-18-11-5-2-6-12-18)19-13-7-8-14-20(19)23(22)16-17-9-3-1-4-10-17/h1-12,15,19-20H,13-14,16H2/t19-,20+/m1/s1. The molecule has 0 spiro atoms. The predicted octanol–water partition coefficient (Wildman–Crippen LogP) is 5.04. The van der Waals surface area contributed by atoms with Gasteiger partial charge in [0.15, 0.2) is 0 Å². The second-order valence-electron chi connectivity index (χ2n) is 6.53. The van der Waals surface area contributed by atoms with Crippen LogP contribution >= 0.6 is 11.8 Å². The second kappa shape index (κ2) is 7.32. The highest BCUT2D eigenvalue weighted by Gasteiger charge is 2.37. The molecule has 25 heavy (non-hydrogen) atoms. The van der Waals surface area contributed by atoms with E-state index in [1.807, 2.05) is 42.5 Å². The summed E-state index contributed by atoms with van der Waals surface area (Å²) in [4.78, 5) is 17.3. The molecule has 1 aliphatic carbocycles. The molecule has 0 radical (unpaired) electrons. The first-order valence-corrected chi connectivity index (χ1v) is 9.57. The molecule has 2 aromatic rings. The largest absolute Gasteiger partial charge is 0.331 e. The third kappa shape index (κ3) is 3.57. The van der Waals surface area contributed by atoms with E-state index in [0.29, 0.717) is 12.5 Å². The summed E-state index contributed by atoms with van der Waals surface area (Å²) in [5.41, 5.74) is 1.19. The highest BCUT2D eigenvalue weighted by Crippen LogP contribution is 2.42. The van der Waals surface area contributed by atoms with Gasteiger partial charge in [-0.25, -0.2) is 0 Å². The highest BCUT2D eigenvalue weighted by atomic mass is 32.2. The number of hydrogen-bond acceptors (Lipinski definition) is 2. The Labute approximate surface area is 153 Å². The van der Waals surface area contributed by atoms with Gasteiger partial charge in [-0.15, -0.1) is 0 Å². The van der Waals surface area contributed by atoms with E-state index in [1.54, 1.807) is 11.8 Å². The summed E-state index contributed by atoms with van der Waals surface area (Å²) in [6, 6.07) is 20.9. The number of benzene rings is 2. The van der Waals surface area contributed by atoms with E-state index in [2.05, 4.69) is 41.3 Å². The van der Waals surface area contributed by atoms with E-state index >= 15 is 0 Å². The van der Waals surface area contributed by atoms with Crippen LogP contribution in [0, 0.1) is 5.92 Å². The molecule has 0 saturated carbocycles. The van der Waals surface area contributed by atoms with Crippen molar-refractivity contribution in [3.8, 4) is 0 Å². The van der Waals surface area contributed by atoms with Gasteiger partial charge in [0.2, 0.25) is 5.91 Å². The van der Waals surface area contributed by atoms with Crippen molar-refractivity contribution < 1.29 is 4.79 Å². The van der Waals surface area contributed by atoms with Crippen molar-refractivity contribution in [3.05, 3.63) is 89.4 Å². The summed E-state index contributed by atoms with van der Waals surface area (Å²) < 4.78 is 0. The average molecular weight is 347 g/mol. The summed E-state index contributed by atoms with van der Waals surface area (Å²) >= 11 is 1.74. The fourth-order valence-electron chi connectivity index (χ4n) is 3.63. The fraction of sp³-hybridized carbons (Fsp3) is 0.227. The lowest BCUT2D eigenvalue weighted by atomic mass is 9.84. The summed E-state index contributed by atoms with van der Waals surface area (Å²) in [6.07, 6.45) is 8.30. The Hall–Kier alpha value is -2.26. The summed E-state index contributed by atoms with van der Waals surface area (Å²) in [7, 11) is 0. The van der Waals surface area contributed by atoms with Gasteiger partial charge in [0.05, 0.1) is 0 Å². The highest BCUT2D eigenvalue weighted by molar-refractivity contribution is 8.03. The lowest BCUT2D eigenvalue weighted by molar-refractivity contribution is -0.131. The van der Waals surface area contributed by atoms with Gasteiger partial charge in [0.1, 0.15) is 0 Å². The van der Waals surface area contributed by atoms with E-state index in [9.17, 15) is 4.79 Å². The minimum absolute atomic E-state index is 0.138. The molecular formula is C22H21NOS. The third-order valence-electron chi connectivity index (χ3n) is 4.89. The molecule has 0 N–H and O–H groups in total. The Balaban J connectivity index is 1.61. The van der Waals surface area contributed by atoms with Crippen LogP contribution in [-0.2, 0) is 11.3 Å². The zero-order valence-corrected chi connectivity index (χ0v) is 14.9. The fourth-order valence-corrected chi connectivity index (χ4v) is 4.76. The average Bonchev–Trinajstić information content (AvgIpc) is 2.66. The van der Waals surface area contributed by atoms with Gasteiger partial charge in [-0.05, 0) is 30.5 Å². The molecule has 2 nitrogen and oxygen atoms in total. The number of nitrogens with zero attached hydrogens (tertiary/aromatic N) is 1. The quantitative estimate of drug-likeness (QED) is 0.722. The number of allylic oxidation sites excluding steroid dienone is 1. The maximum Gasteiger partial charge on any atom is 0.247 e. The van der Waals surface area contributed by atoms with Crippen molar-refractivity contribution in [2.24, 2.45) is 5.92 Å². The molecule has 0 bridgehead atoms. The lowest BCUT2D eigenvalue weighted by Crippen LogP contribution is -2.47. The molecule has 0 saturated heterocycles. The number of carbonyl (C=O) groups is 1. The summed E-state index contributed by atoms with van der Waals surface area (Å²) in [6.45, 7) is 0.689. The summed E-state index contributed by atoms with van der Waals surface area (Å²) in [5.74, 6) is 0.537. The topological polar surface area (TPSA) is 20.3 Å². The molecular weight excluding hydrogens is 326 g/mol. The van der Waals surface area contributed by atoms with E-state index in [1.165, 1.54) is 15.4 Å². The zero-order chi connectivity index (χ0) is 17.1. The van der Waals surface area contributed by atoms with Crippen molar-refractivity contribution in [2.45, 2.75) is 30.3 Å². The van der Waals surface area contributed by atoms with Gasteiger partial charge in [0.25, 0.3) is 0 Å². The van der Waals surface area contributed by atoms with Crippen LogP contribution in [0.25, 0.3) is 0 Å². The van der Waals surface area contributed by atoms with Crippen molar-refractivity contribution >= 4 is 17.7 Å². The molecule has 2 aromatic carbocycles. The number of carbonyl (C=O) groups excluding carboxylic acids is 1. The first-order valence-electron chi connectivity index (χ1n) is 8.75. The van der Waals surface area contributed by atoms with Gasteiger partial charge in [0, 0.05) is 34.4 Å². The molecule has 4 rings (SSSR count). The van der Waals surface area contributed by atoms with E-state index in [-0.39, 0.29) is 11.9 Å². The first kappa shape index (κ1) is 16.2. The maximum atomic E-state index is 12.9. The van der Waals surface area contributed by atoms with Gasteiger partial charge in [-0.3, -0.25) is 4.79 Å². The van der Waals surface area contributed by atoms with Crippen molar-refractivity contribution in [1.29, 1.82) is 0 Å². The van der Waals surface area contributed by atoms with Gasteiger partial charge < -0.3 is 4.90 Å². The number of thioether (sulfide) groups is 1. The SMILES string of the molecule is O=C1C=C(Sc2ccccc2)[C@@H]2CC=CC[C@@H]2N1Cc1ccccc1. The van der Waals surface area contributed by atoms with Crippen LogP contribution in [0.3, 0.4) is 0 Å². The molecule has 0 fully saturated rings. The Kier molecular flexibility index (Phi) is 4.75. The van der Waals surface area contributed by atoms with Crippen LogP contribution in [0.5, 0.6) is 0 Å². The zero-order valence-electron chi connectivity index (χ0n) is 14.0. The van der Waals surface area contributed by atoms with Crippen LogP contribution in [-0.4, -0.2) is 16.8 Å². The molecule has 2 atom stereocenters. The Bertz CT molecular complexity index is 797. The van der Waals surface area contributed by atoms with Gasteiger partial charge >= 0.3 is 0 Å². The Morgan fingerprint density at radius 2 is 1.60 bits per heavy atom. The van der Waals surface area contributed by atoms with E-state index in [4.69, 9.17) is 0 Å². The molecule has 1 amide bonds. The minimum atomic E-state index is 0.138. The molecule has 3 heteroatoms. The van der Waals surface area contributed by atoms with E-state index < -0.39 is 0 Å². The Morgan fingerprint density at radius 3 is 2.36 bits per heavy atom. The minimum Gasteiger partial charge on any atom is -0.331 e. The Morgan fingerprint density at radius 1 is 0.920 bits per heavy atom. The third-order valence-corrected chi connectivity index (χ3v) is 6.05. The van der Waals surface area contributed by atoms with Crippen LogP contribution < -0.4 is 0 Å². The van der Waals surface area contributed by atoms with Crippen molar-refractivity contribution in [2.75, 3.05) is 0 Å². The number of amides is 1. The van der Waals surface area contributed by atoms with Crippen LogP contribution in [0.15, 0.2) is 88.7 Å². The lowest BCUT2D eigenvalue weighted by Gasteiger charge is -2.42. The molecule has 126 valence electrons. The van der Waals surface area contributed by atoms with Gasteiger partial charge in [-0.2, -0.15) is 0 Å². The smallest absolute Gasteiger partial charge is 0.247 e. The normalized spacial score (nSPS) is 22.5. The monoisotopic (exact) mass is 347 g/mol. The van der Waals surface area contributed by atoms with Crippen molar-refractivity contribution in [3.63, 3.8) is 0 Å². The van der Waals surface area contributed by atoms with Crippen LogP contribution in [0.2, 0.25) is 0 Å². The number of fused-ring (bicyclic) bond motifs is 1. The number of rotatable bonds is 4.